The van der Waals surface area contributed by atoms with Crippen LogP contribution >= 0.6 is 11.8 Å². The van der Waals surface area contributed by atoms with Crippen molar-refractivity contribution < 1.29 is 22.7 Å². The van der Waals surface area contributed by atoms with Crippen LogP contribution in [-0.4, -0.2) is 44.3 Å². The summed E-state index contributed by atoms with van der Waals surface area (Å²) in [6, 6.07) is 11.6. The highest BCUT2D eigenvalue weighted by atomic mass is 32.2. The molecule has 0 aliphatic carbocycles. The number of benzene rings is 2. The standard InChI is InChI=1S/C24H29F3N2O2S/c1-22(2)13-23(15-29(3)14-22,16-9-7-6-8-10-16)28-21(30)20-18(31-4)11-17(24(25,26)27)12-19(20)32-5/h6-12H,13-15H2,1-5H3,(H,28,30). The SMILES string of the molecule is COc1cc(C(F)(F)F)cc(SC)c1C(=O)NC1(c2ccccc2)CN(C)CC(C)(C)C1. The van der Waals surface area contributed by atoms with Gasteiger partial charge >= 0.3 is 6.18 Å². The van der Waals surface area contributed by atoms with Gasteiger partial charge in [-0.2, -0.15) is 13.2 Å². The lowest BCUT2D eigenvalue weighted by Gasteiger charge is -2.49. The van der Waals surface area contributed by atoms with Gasteiger partial charge in [0.15, 0.2) is 0 Å². The third-order valence-electron chi connectivity index (χ3n) is 5.76. The number of rotatable bonds is 5. The van der Waals surface area contributed by atoms with E-state index in [1.165, 1.54) is 7.11 Å². The summed E-state index contributed by atoms with van der Waals surface area (Å²) in [5, 5.41) is 3.20. The van der Waals surface area contributed by atoms with Gasteiger partial charge in [0.25, 0.3) is 5.91 Å². The molecule has 1 amide bonds. The molecule has 2 aromatic carbocycles. The van der Waals surface area contributed by atoms with E-state index in [-0.39, 0.29) is 21.6 Å². The first kappa shape index (κ1) is 24.5. The Morgan fingerprint density at radius 3 is 2.34 bits per heavy atom. The fourth-order valence-electron chi connectivity index (χ4n) is 4.86. The van der Waals surface area contributed by atoms with E-state index in [4.69, 9.17) is 4.74 Å². The molecule has 3 rings (SSSR count). The quantitative estimate of drug-likeness (QED) is 0.598. The van der Waals surface area contributed by atoms with E-state index in [9.17, 15) is 18.0 Å². The molecule has 0 aromatic heterocycles. The first-order valence-corrected chi connectivity index (χ1v) is 11.5. The van der Waals surface area contributed by atoms with E-state index in [1.54, 1.807) is 6.26 Å². The summed E-state index contributed by atoms with van der Waals surface area (Å²) in [7, 11) is 3.29. The Morgan fingerprint density at radius 1 is 1.16 bits per heavy atom. The summed E-state index contributed by atoms with van der Waals surface area (Å²) in [5.41, 5.74) is -0.536. The number of likely N-dealkylation sites (N-methyl/N-ethyl adjacent to an activating group) is 1. The molecule has 1 heterocycles. The Balaban J connectivity index is 2.10. The van der Waals surface area contributed by atoms with Crippen molar-refractivity contribution in [3.8, 4) is 5.75 Å². The highest BCUT2D eigenvalue weighted by molar-refractivity contribution is 7.98. The van der Waals surface area contributed by atoms with Gasteiger partial charge in [-0.3, -0.25) is 4.79 Å². The van der Waals surface area contributed by atoms with Gasteiger partial charge < -0.3 is 15.0 Å². The molecule has 1 fully saturated rings. The van der Waals surface area contributed by atoms with E-state index in [1.807, 2.05) is 37.4 Å². The van der Waals surface area contributed by atoms with Crippen LogP contribution in [0.15, 0.2) is 47.4 Å². The van der Waals surface area contributed by atoms with E-state index in [0.29, 0.717) is 13.0 Å². The topological polar surface area (TPSA) is 41.6 Å². The Morgan fingerprint density at radius 2 is 1.81 bits per heavy atom. The highest BCUT2D eigenvalue weighted by Crippen LogP contribution is 2.42. The third-order valence-corrected chi connectivity index (χ3v) is 6.52. The number of alkyl halides is 3. The number of nitrogens with zero attached hydrogens (tertiary/aromatic N) is 1. The van der Waals surface area contributed by atoms with Crippen LogP contribution in [0.3, 0.4) is 0 Å². The number of hydrogen-bond donors (Lipinski definition) is 1. The van der Waals surface area contributed by atoms with Crippen LogP contribution < -0.4 is 10.1 Å². The maximum absolute atomic E-state index is 13.6. The molecule has 1 aliphatic heterocycles. The largest absolute Gasteiger partial charge is 0.496 e. The van der Waals surface area contributed by atoms with E-state index in [2.05, 4.69) is 24.1 Å². The summed E-state index contributed by atoms with van der Waals surface area (Å²) in [6.07, 6.45) is -2.19. The number of ether oxygens (including phenoxy) is 1. The van der Waals surface area contributed by atoms with Crippen molar-refractivity contribution in [2.24, 2.45) is 5.41 Å². The van der Waals surface area contributed by atoms with Gasteiger partial charge in [-0.05, 0) is 42.8 Å². The number of methoxy groups -OCH3 is 1. The molecule has 174 valence electrons. The summed E-state index contributed by atoms with van der Waals surface area (Å²) in [5.74, 6) is -0.539. The van der Waals surface area contributed by atoms with Gasteiger partial charge in [0, 0.05) is 18.0 Å². The summed E-state index contributed by atoms with van der Waals surface area (Å²) >= 11 is 1.09. The van der Waals surface area contributed by atoms with Crippen molar-refractivity contribution in [2.45, 2.75) is 36.9 Å². The van der Waals surface area contributed by atoms with Gasteiger partial charge in [-0.25, -0.2) is 0 Å². The predicted octanol–water partition coefficient (Wildman–Crippen LogP) is 5.42. The number of piperidine rings is 1. The van der Waals surface area contributed by atoms with Crippen molar-refractivity contribution in [2.75, 3.05) is 33.5 Å². The first-order chi connectivity index (χ1) is 14.9. The lowest BCUT2D eigenvalue weighted by Crippen LogP contribution is -2.60. The molecule has 0 bridgehead atoms. The highest BCUT2D eigenvalue weighted by Gasteiger charge is 2.45. The van der Waals surface area contributed by atoms with Crippen molar-refractivity contribution in [1.82, 2.24) is 10.2 Å². The average molecular weight is 467 g/mol. The minimum absolute atomic E-state index is 0.0807. The number of nitrogens with one attached hydrogen (secondary N) is 1. The Kier molecular flexibility index (Phi) is 6.86. The van der Waals surface area contributed by atoms with Gasteiger partial charge in [-0.15, -0.1) is 11.8 Å². The molecule has 1 N–H and O–H groups in total. The monoisotopic (exact) mass is 466 g/mol. The van der Waals surface area contributed by atoms with E-state index < -0.39 is 23.2 Å². The van der Waals surface area contributed by atoms with E-state index in [0.717, 1.165) is 36.0 Å². The Hall–Kier alpha value is -2.19. The van der Waals surface area contributed by atoms with E-state index >= 15 is 0 Å². The first-order valence-electron chi connectivity index (χ1n) is 10.3. The molecule has 2 aromatic rings. The molecule has 1 unspecified atom stereocenters. The number of hydrogen-bond acceptors (Lipinski definition) is 4. The molecular formula is C24H29F3N2O2S. The lowest BCUT2D eigenvalue weighted by atomic mass is 9.71. The molecule has 0 saturated carbocycles. The van der Waals surface area contributed by atoms with Crippen LogP contribution in [0, 0.1) is 5.41 Å². The molecule has 1 saturated heterocycles. The molecule has 8 heteroatoms. The van der Waals surface area contributed by atoms with Gasteiger partial charge in [0.05, 0.1) is 23.8 Å². The second-order valence-electron chi connectivity index (χ2n) is 9.17. The summed E-state index contributed by atoms with van der Waals surface area (Å²) in [4.78, 5) is 16.0. The Labute approximate surface area is 191 Å². The number of thioether (sulfide) groups is 1. The lowest BCUT2D eigenvalue weighted by molar-refractivity contribution is -0.137. The predicted molar refractivity (Wildman–Crippen MR) is 121 cm³/mol. The van der Waals surface area contributed by atoms with Crippen LogP contribution in [0.25, 0.3) is 0 Å². The smallest absolute Gasteiger partial charge is 0.416 e. The van der Waals surface area contributed by atoms with Gasteiger partial charge in [0.2, 0.25) is 0 Å². The maximum atomic E-state index is 13.6. The number of likely N-dealkylation sites (tertiary alicyclic amines) is 1. The molecule has 1 atom stereocenters. The maximum Gasteiger partial charge on any atom is 0.416 e. The molecule has 4 nitrogen and oxygen atoms in total. The number of halogens is 3. The number of amides is 1. The molecule has 0 radical (unpaired) electrons. The van der Waals surface area contributed by atoms with Crippen molar-refractivity contribution in [3.05, 3.63) is 59.2 Å². The molecule has 1 aliphatic rings. The third kappa shape index (κ3) is 5.07. The fraction of sp³-hybridized carbons (Fsp3) is 0.458. The Bertz CT molecular complexity index is 954. The van der Waals surface area contributed by atoms with Crippen LogP contribution in [0.1, 0.15) is 41.8 Å². The molecular weight excluding hydrogens is 437 g/mol. The van der Waals surface area contributed by atoms with Crippen LogP contribution in [-0.2, 0) is 11.7 Å². The van der Waals surface area contributed by atoms with Crippen LogP contribution in [0.5, 0.6) is 5.75 Å². The van der Waals surface area contributed by atoms with Crippen molar-refractivity contribution in [1.29, 1.82) is 0 Å². The fourth-order valence-corrected chi connectivity index (χ4v) is 5.50. The molecule has 32 heavy (non-hydrogen) atoms. The number of carbonyl (C=O) groups is 1. The zero-order valence-corrected chi connectivity index (χ0v) is 19.8. The average Bonchev–Trinajstić information content (AvgIpc) is 2.71. The second kappa shape index (κ2) is 8.98. The van der Waals surface area contributed by atoms with Gasteiger partial charge in [-0.1, -0.05) is 44.2 Å². The zero-order chi connectivity index (χ0) is 23.7. The summed E-state index contributed by atoms with van der Waals surface area (Å²) in [6.45, 7) is 5.76. The normalized spacial score (nSPS) is 21.2. The van der Waals surface area contributed by atoms with Gasteiger partial charge in [0.1, 0.15) is 5.75 Å². The minimum Gasteiger partial charge on any atom is -0.496 e. The van der Waals surface area contributed by atoms with Crippen molar-refractivity contribution in [3.63, 3.8) is 0 Å². The summed E-state index contributed by atoms with van der Waals surface area (Å²) < 4.78 is 45.3. The minimum atomic E-state index is -4.53. The van der Waals surface area contributed by atoms with Crippen molar-refractivity contribution >= 4 is 17.7 Å². The number of carbonyl (C=O) groups excluding carboxylic acids is 1. The molecule has 0 spiro atoms. The zero-order valence-electron chi connectivity index (χ0n) is 19.0. The second-order valence-corrected chi connectivity index (χ2v) is 10.0. The van der Waals surface area contributed by atoms with Crippen LogP contribution in [0.4, 0.5) is 13.2 Å². The van der Waals surface area contributed by atoms with Crippen LogP contribution in [0.2, 0.25) is 0 Å².